The Morgan fingerprint density at radius 1 is 0.736 bits per heavy atom. The summed E-state index contributed by atoms with van der Waals surface area (Å²) in [6.07, 6.45) is -10.4. The van der Waals surface area contributed by atoms with Crippen molar-refractivity contribution in [3.63, 3.8) is 0 Å². The van der Waals surface area contributed by atoms with Crippen molar-refractivity contribution in [1.29, 1.82) is 0 Å². The molecule has 0 amide bonds. The van der Waals surface area contributed by atoms with Crippen molar-refractivity contribution in [2.45, 2.75) is 103 Å². The average molecular weight is 884 g/mol. The number of allylic oxidation sites excluding steroid dienone is 2. The van der Waals surface area contributed by atoms with Crippen LogP contribution >= 0.6 is 17.0 Å². The molecule has 6 rings (SSSR count). The van der Waals surface area contributed by atoms with Gasteiger partial charge in [-0.3, -0.25) is 0 Å². The molecule has 3 aliphatic rings. The number of alkyl halides is 9. The molecule has 0 nitrogen and oxygen atoms in total. The molecule has 3 aromatic carbocycles. The molecule has 3 aliphatic carbocycles. The third kappa shape index (κ3) is 6.10. The third-order valence-electron chi connectivity index (χ3n) is 12.5. The van der Waals surface area contributed by atoms with E-state index in [4.69, 9.17) is 17.0 Å². The summed E-state index contributed by atoms with van der Waals surface area (Å²) in [7, 11) is 16.9. The van der Waals surface area contributed by atoms with Crippen molar-refractivity contribution in [3.8, 4) is 11.1 Å². The van der Waals surface area contributed by atoms with Gasteiger partial charge in [-0.25, -0.2) is 0 Å². The normalized spacial score (nSPS) is 21.3. The van der Waals surface area contributed by atoms with Crippen LogP contribution in [0.1, 0.15) is 99.4 Å². The maximum atomic E-state index is 13.9. The minimum atomic E-state index is -6.70. The summed E-state index contributed by atoms with van der Waals surface area (Å²) in [6, 6.07) is 14.2. The van der Waals surface area contributed by atoms with Crippen LogP contribution in [-0.2, 0) is 21.0 Å². The van der Waals surface area contributed by atoms with E-state index in [1.165, 1.54) is 22.3 Å². The zero-order valence-electron chi connectivity index (χ0n) is 30.0. The molecule has 1 fully saturated rings. The van der Waals surface area contributed by atoms with Gasteiger partial charge in [-0.2, -0.15) is 0 Å². The molecule has 0 radical (unpaired) electrons. The molecule has 0 aromatic heterocycles. The molecule has 3 unspecified atom stereocenters. The van der Waals surface area contributed by atoms with Gasteiger partial charge in [-0.1, -0.05) is 0 Å². The van der Waals surface area contributed by atoms with Crippen LogP contribution in [0, 0.1) is 5.92 Å². The van der Waals surface area contributed by atoms with E-state index in [9.17, 15) is 39.5 Å². The van der Waals surface area contributed by atoms with E-state index in [1.807, 2.05) is 19.1 Å². The molecule has 0 spiro atoms. The monoisotopic (exact) mass is 881 g/mol. The third-order valence-corrected chi connectivity index (χ3v) is 64.5. The van der Waals surface area contributed by atoms with Crippen molar-refractivity contribution >= 4 is 35.1 Å². The van der Waals surface area contributed by atoms with Gasteiger partial charge in [0.25, 0.3) is 0 Å². The minimum absolute atomic E-state index is 0.143. The number of rotatable bonds is 8. The maximum absolute atomic E-state index is 13.9. The predicted octanol–water partition coefficient (Wildman–Crippen LogP) is 14.6. The number of hydrogen-bond donors (Lipinski definition) is 0. The van der Waals surface area contributed by atoms with Crippen molar-refractivity contribution in [3.05, 3.63) is 105 Å². The second-order valence-electron chi connectivity index (χ2n) is 15.5. The molecule has 53 heavy (non-hydrogen) atoms. The van der Waals surface area contributed by atoms with Gasteiger partial charge in [-0.15, -0.1) is 0 Å². The first kappa shape index (κ1) is 40.8. The van der Waals surface area contributed by atoms with Gasteiger partial charge in [0.05, 0.1) is 0 Å². The summed E-state index contributed by atoms with van der Waals surface area (Å²) in [6.45, 7) is 10.8. The van der Waals surface area contributed by atoms with Crippen molar-refractivity contribution < 1.29 is 55.1 Å². The Labute approximate surface area is 313 Å². The molecule has 0 aliphatic heterocycles. The van der Waals surface area contributed by atoms with Crippen LogP contribution in [0.3, 0.4) is 0 Å². The van der Waals surface area contributed by atoms with Crippen LogP contribution in [0.5, 0.6) is 0 Å². The topological polar surface area (TPSA) is 0 Å². The quantitative estimate of drug-likeness (QED) is 0.156. The summed E-state index contributed by atoms with van der Waals surface area (Å²) in [5, 5.41) is 0. The molecular formula is C40H42Cl2F9SiZr. The molecule has 13 heteroatoms. The molecule has 3 aromatic rings. The molecule has 0 N–H and O–H groups in total. The van der Waals surface area contributed by atoms with Gasteiger partial charge < -0.3 is 0 Å². The van der Waals surface area contributed by atoms with Gasteiger partial charge in [0, 0.05) is 0 Å². The number of hydrogen-bond acceptors (Lipinski definition) is 0. The summed E-state index contributed by atoms with van der Waals surface area (Å²) in [5.41, 5.74) is 0.0620. The molecule has 287 valence electrons. The zero-order chi connectivity index (χ0) is 39.1. The van der Waals surface area contributed by atoms with E-state index in [1.54, 1.807) is 12.1 Å². The molecule has 3 atom stereocenters. The molecule has 0 heterocycles. The summed E-state index contributed by atoms with van der Waals surface area (Å²) in [4.78, 5) is 0. The first-order valence-corrected chi connectivity index (χ1v) is 34.4. The second-order valence-corrected chi connectivity index (χ2v) is 58.1. The molecule has 1 saturated carbocycles. The van der Waals surface area contributed by atoms with Crippen molar-refractivity contribution in [1.82, 2.24) is 0 Å². The van der Waals surface area contributed by atoms with Crippen molar-refractivity contribution in [2.24, 2.45) is 5.92 Å². The Morgan fingerprint density at radius 3 is 1.77 bits per heavy atom. The van der Waals surface area contributed by atoms with Crippen LogP contribution in [0.2, 0.25) is 13.1 Å². The van der Waals surface area contributed by atoms with Crippen LogP contribution in [0.15, 0.2) is 71.8 Å². The fourth-order valence-electron chi connectivity index (χ4n) is 9.57. The van der Waals surface area contributed by atoms with Crippen molar-refractivity contribution in [2.75, 3.05) is 0 Å². The fraction of sp³-hybridized carbons (Fsp3) is 0.450. The second kappa shape index (κ2) is 13.7. The van der Waals surface area contributed by atoms with Crippen LogP contribution in [0.4, 0.5) is 39.5 Å². The van der Waals surface area contributed by atoms with Gasteiger partial charge in [0.2, 0.25) is 0 Å². The summed E-state index contributed by atoms with van der Waals surface area (Å²) >= 11 is -5.19. The van der Waals surface area contributed by atoms with E-state index in [-0.39, 0.29) is 24.9 Å². The Balaban J connectivity index is 1.51. The SMILES string of the molecule is CCC(C)c1cccc2c1C=C(C1CCCC1)[CH]2[Zr]([Cl])([Cl])([CH]1C(C)=Cc2c(-c3ccc(C(C(F)(F)F)(C(F)(F)F)C(F)(F)F)cc3)cccc21)[SiH](C)C. The van der Waals surface area contributed by atoms with Gasteiger partial charge in [0.15, 0.2) is 0 Å². The van der Waals surface area contributed by atoms with E-state index < -0.39 is 51.0 Å². The fourth-order valence-corrected chi connectivity index (χ4v) is 41.5. The van der Waals surface area contributed by atoms with E-state index >= 15 is 0 Å². The first-order valence-electron chi connectivity index (χ1n) is 18.1. The molecular weight excluding hydrogens is 842 g/mol. The summed E-state index contributed by atoms with van der Waals surface area (Å²) < 4.78 is 125. The average Bonchev–Trinajstić information content (AvgIpc) is 3.80. The zero-order valence-corrected chi connectivity index (χ0v) is 35.1. The van der Waals surface area contributed by atoms with Crippen LogP contribution < -0.4 is 0 Å². The Bertz CT molecular complexity index is 1920. The van der Waals surface area contributed by atoms with E-state index in [0.29, 0.717) is 23.0 Å². The predicted molar refractivity (Wildman–Crippen MR) is 197 cm³/mol. The number of fused-ring (bicyclic) bond motifs is 2. The Kier molecular flexibility index (Phi) is 10.5. The number of halogens is 11. The summed E-state index contributed by atoms with van der Waals surface area (Å²) in [5.74, 6) is -1.26. The van der Waals surface area contributed by atoms with Crippen LogP contribution in [0.25, 0.3) is 23.3 Å². The van der Waals surface area contributed by atoms with E-state index in [0.717, 1.165) is 55.4 Å². The van der Waals surface area contributed by atoms with Crippen LogP contribution in [-0.4, -0.2) is 24.5 Å². The first-order chi connectivity index (χ1) is 24.5. The van der Waals surface area contributed by atoms with Gasteiger partial charge >= 0.3 is 315 Å². The Hall–Kier alpha value is -1.81. The molecule has 0 bridgehead atoms. The van der Waals surface area contributed by atoms with Gasteiger partial charge in [-0.05, 0) is 0 Å². The van der Waals surface area contributed by atoms with Gasteiger partial charge in [0.1, 0.15) is 0 Å². The standard InChI is InChI=1S/C20H12F9.C18H23.C2H7Si.2ClH.Zr/c1-11-9-13-3-2-4-15(16(13)10-11)12-5-7-14(8-6-12)17(18(21,22)23,19(24,25)26)20(27,28)29;1-3-13(2)17-10-6-9-15-11-16(12-18(15)17)14-7-4-5-8-14;1-3-2;;;/h2-10H,1H3;6,9-14H,3-5,7-8H2,1-2H3;3H,1-2H3;2*1H;/q;;;;;+2/p-2. The molecule has 0 saturated heterocycles. The van der Waals surface area contributed by atoms with E-state index in [2.05, 4.69) is 51.2 Å². The Morgan fingerprint density at radius 2 is 1.26 bits per heavy atom. The number of benzene rings is 3.